The van der Waals surface area contributed by atoms with Crippen molar-refractivity contribution in [2.24, 2.45) is 0 Å². The first-order chi connectivity index (χ1) is 8.99. The summed E-state index contributed by atoms with van der Waals surface area (Å²) in [6, 6.07) is 3.35. The summed E-state index contributed by atoms with van der Waals surface area (Å²) in [5, 5.41) is 11.5. The number of aromatic amines is 1. The molecule has 2 aromatic heterocycles. The molecule has 0 aliphatic heterocycles. The molecule has 3 rings (SSSR count). The summed E-state index contributed by atoms with van der Waals surface area (Å²) in [6.45, 7) is 1.74. The Kier molecular flexibility index (Phi) is 2.66. The van der Waals surface area contributed by atoms with Crippen LogP contribution >= 0.6 is 23.2 Å². The van der Waals surface area contributed by atoms with Crippen LogP contribution in [0.4, 0.5) is 0 Å². The highest BCUT2D eigenvalue weighted by molar-refractivity contribution is 6.43. The monoisotopic (exact) mass is 294 g/mol. The third kappa shape index (κ3) is 1.76. The van der Waals surface area contributed by atoms with E-state index in [9.17, 15) is 4.79 Å². The molecule has 0 aliphatic rings. The van der Waals surface area contributed by atoms with E-state index in [4.69, 9.17) is 28.3 Å². The molecule has 3 aromatic rings. The Hall–Kier alpha value is -1.78. The van der Waals surface area contributed by atoms with Crippen molar-refractivity contribution in [3.05, 3.63) is 39.6 Å². The van der Waals surface area contributed by atoms with E-state index in [1.54, 1.807) is 25.3 Å². The summed E-state index contributed by atoms with van der Waals surface area (Å²) in [5.41, 5.74) is 2.19. The van der Waals surface area contributed by atoms with Gasteiger partial charge in [-0.2, -0.15) is 0 Å². The Morgan fingerprint density at radius 2 is 1.95 bits per heavy atom. The largest absolute Gasteiger partial charge is 0.477 e. The molecule has 0 saturated heterocycles. The lowest BCUT2D eigenvalue weighted by Crippen LogP contribution is -1.98. The number of hydrogen-bond acceptors (Lipinski definition) is 2. The minimum absolute atomic E-state index is 0.162. The third-order valence-electron chi connectivity index (χ3n) is 3.15. The first-order valence-corrected chi connectivity index (χ1v) is 6.24. The number of aryl methyl sites for hydroxylation is 1. The molecule has 0 radical (unpaired) electrons. The maximum Gasteiger partial charge on any atom is 0.352 e. The van der Waals surface area contributed by atoms with Gasteiger partial charge in [-0.3, -0.25) is 4.98 Å². The smallest absolute Gasteiger partial charge is 0.352 e. The highest BCUT2D eigenvalue weighted by atomic mass is 35.5. The minimum atomic E-state index is -0.998. The lowest BCUT2D eigenvalue weighted by atomic mass is 10.1. The van der Waals surface area contributed by atoms with Crippen LogP contribution in [0.2, 0.25) is 10.0 Å². The predicted octanol–water partition coefficient (Wildman–Crippen LogP) is 4.03. The number of pyridine rings is 1. The summed E-state index contributed by atoms with van der Waals surface area (Å²) in [5.74, 6) is -0.998. The Bertz CT molecular complexity index is 840. The number of aromatic nitrogens is 2. The number of fused-ring (bicyclic) bond motifs is 3. The Morgan fingerprint density at radius 1 is 1.26 bits per heavy atom. The number of nitrogens with zero attached hydrogens (tertiary/aromatic N) is 1. The molecule has 0 bridgehead atoms. The van der Waals surface area contributed by atoms with Gasteiger partial charge in [0.1, 0.15) is 5.69 Å². The van der Waals surface area contributed by atoms with Crippen LogP contribution in [0, 0.1) is 6.92 Å². The van der Waals surface area contributed by atoms with E-state index >= 15 is 0 Å². The van der Waals surface area contributed by atoms with Gasteiger partial charge in [0.05, 0.1) is 21.1 Å². The molecule has 0 amide bonds. The van der Waals surface area contributed by atoms with Crippen LogP contribution in [0.5, 0.6) is 0 Å². The van der Waals surface area contributed by atoms with Crippen molar-refractivity contribution in [3.8, 4) is 0 Å². The van der Waals surface area contributed by atoms with Crippen LogP contribution < -0.4 is 0 Å². The van der Waals surface area contributed by atoms with Crippen molar-refractivity contribution in [1.82, 2.24) is 9.97 Å². The standard InChI is InChI=1S/C13H8Cl2N2O2/c1-5-7-4-16-10-3-9(15)8(14)2-6(10)12(7)17-11(5)13(18)19/h2-4,17H,1H3,(H,18,19). The molecule has 96 valence electrons. The maximum absolute atomic E-state index is 11.1. The molecule has 19 heavy (non-hydrogen) atoms. The van der Waals surface area contributed by atoms with Crippen molar-refractivity contribution >= 4 is 51.0 Å². The second-order valence-electron chi connectivity index (χ2n) is 4.26. The molecule has 2 heterocycles. The fourth-order valence-corrected chi connectivity index (χ4v) is 2.49. The van der Waals surface area contributed by atoms with Crippen LogP contribution in [-0.4, -0.2) is 21.0 Å². The second kappa shape index (κ2) is 4.11. The fourth-order valence-electron chi connectivity index (χ4n) is 2.17. The number of carboxylic acid groups (broad SMARTS) is 1. The molecule has 0 unspecified atom stereocenters. The first kappa shape index (κ1) is 12.3. The van der Waals surface area contributed by atoms with E-state index < -0.39 is 5.97 Å². The lowest BCUT2D eigenvalue weighted by Gasteiger charge is -2.02. The van der Waals surface area contributed by atoms with Crippen molar-refractivity contribution in [1.29, 1.82) is 0 Å². The third-order valence-corrected chi connectivity index (χ3v) is 3.88. The second-order valence-corrected chi connectivity index (χ2v) is 5.07. The zero-order valence-corrected chi connectivity index (χ0v) is 11.3. The number of aromatic carboxylic acids is 1. The first-order valence-electron chi connectivity index (χ1n) is 5.48. The molecule has 4 nitrogen and oxygen atoms in total. The van der Waals surface area contributed by atoms with Crippen molar-refractivity contribution < 1.29 is 9.90 Å². The average molecular weight is 295 g/mol. The van der Waals surface area contributed by atoms with Gasteiger partial charge in [0.2, 0.25) is 0 Å². The number of rotatable bonds is 1. The number of carboxylic acids is 1. The van der Waals surface area contributed by atoms with E-state index in [0.717, 1.165) is 10.8 Å². The van der Waals surface area contributed by atoms with Gasteiger partial charge >= 0.3 is 5.97 Å². The van der Waals surface area contributed by atoms with E-state index in [-0.39, 0.29) is 5.69 Å². The molecule has 1 aromatic carbocycles. The number of benzene rings is 1. The summed E-state index contributed by atoms with van der Waals surface area (Å²) in [4.78, 5) is 18.4. The number of hydrogen-bond donors (Lipinski definition) is 2. The Morgan fingerprint density at radius 3 is 2.63 bits per heavy atom. The number of halogens is 2. The molecule has 0 fully saturated rings. The van der Waals surface area contributed by atoms with Gasteiger partial charge in [-0.25, -0.2) is 4.79 Å². The fraction of sp³-hybridized carbons (Fsp3) is 0.0769. The van der Waals surface area contributed by atoms with Crippen molar-refractivity contribution in [2.75, 3.05) is 0 Å². The summed E-state index contributed by atoms with van der Waals surface area (Å²) in [7, 11) is 0. The van der Waals surface area contributed by atoms with Crippen LogP contribution in [-0.2, 0) is 0 Å². The van der Waals surface area contributed by atoms with E-state index in [2.05, 4.69) is 9.97 Å². The van der Waals surface area contributed by atoms with Gasteiger partial charge in [-0.15, -0.1) is 0 Å². The van der Waals surface area contributed by atoms with Gasteiger partial charge in [0, 0.05) is 17.0 Å². The highest BCUT2D eigenvalue weighted by Gasteiger charge is 2.16. The number of H-pyrrole nitrogens is 1. The van der Waals surface area contributed by atoms with E-state index in [1.165, 1.54) is 0 Å². The zero-order chi connectivity index (χ0) is 13.7. The Labute approximate surface area is 118 Å². The molecule has 0 saturated carbocycles. The molecule has 0 aliphatic carbocycles. The topological polar surface area (TPSA) is 66.0 Å². The number of nitrogens with one attached hydrogen (secondary N) is 1. The Balaban J connectivity index is 2.49. The molecule has 6 heteroatoms. The maximum atomic E-state index is 11.1. The van der Waals surface area contributed by atoms with Crippen molar-refractivity contribution in [3.63, 3.8) is 0 Å². The van der Waals surface area contributed by atoms with Crippen molar-refractivity contribution in [2.45, 2.75) is 6.92 Å². The average Bonchev–Trinajstić information content (AvgIpc) is 2.69. The van der Waals surface area contributed by atoms with Gasteiger partial charge in [-0.1, -0.05) is 23.2 Å². The highest BCUT2D eigenvalue weighted by Crippen LogP contribution is 2.32. The SMILES string of the molecule is Cc1c(C(=O)O)[nH]c2c1cnc1cc(Cl)c(Cl)cc12. The van der Waals surface area contributed by atoms with Crippen LogP contribution in [0.15, 0.2) is 18.3 Å². The molecule has 0 atom stereocenters. The minimum Gasteiger partial charge on any atom is -0.477 e. The van der Waals surface area contributed by atoms with Crippen LogP contribution in [0.25, 0.3) is 21.8 Å². The predicted molar refractivity (Wildman–Crippen MR) is 75.3 cm³/mol. The molecule has 0 spiro atoms. The van der Waals surface area contributed by atoms with Gasteiger partial charge in [-0.05, 0) is 24.6 Å². The van der Waals surface area contributed by atoms with Crippen LogP contribution in [0.3, 0.4) is 0 Å². The van der Waals surface area contributed by atoms with E-state index in [0.29, 0.717) is 26.6 Å². The lowest BCUT2D eigenvalue weighted by molar-refractivity contribution is 0.0691. The van der Waals surface area contributed by atoms with Gasteiger partial charge in [0.15, 0.2) is 0 Å². The molecular formula is C13H8Cl2N2O2. The summed E-state index contributed by atoms with van der Waals surface area (Å²) in [6.07, 6.45) is 1.64. The molecule has 2 N–H and O–H groups in total. The quantitative estimate of drug-likeness (QED) is 0.712. The zero-order valence-electron chi connectivity index (χ0n) is 9.79. The summed E-state index contributed by atoms with van der Waals surface area (Å²) >= 11 is 12.0. The van der Waals surface area contributed by atoms with Gasteiger partial charge in [0.25, 0.3) is 0 Å². The van der Waals surface area contributed by atoms with Crippen LogP contribution in [0.1, 0.15) is 16.1 Å². The normalized spacial score (nSPS) is 11.3. The van der Waals surface area contributed by atoms with E-state index in [1.807, 2.05) is 0 Å². The summed E-state index contributed by atoms with van der Waals surface area (Å²) < 4.78 is 0. The molecular weight excluding hydrogens is 287 g/mol. The number of carbonyl (C=O) groups is 1. The van der Waals surface area contributed by atoms with Gasteiger partial charge < -0.3 is 10.1 Å².